The van der Waals surface area contributed by atoms with E-state index in [1.165, 1.54) is 38.5 Å². The van der Waals surface area contributed by atoms with Crippen LogP contribution in [0.5, 0.6) is 0 Å². The van der Waals surface area contributed by atoms with Crippen LogP contribution in [-0.4, -0.2) is 6.04 Å². The standard InChI is InChI=1S/C28H45N/c1-18(2)19(3)7-8-20(4)24-11-12-25-23-10-9-21-17-22(29)13-15-27(21,5)26(23)14-16-28(24,25)6/h7-10,18-20,22,24-26H,11-17,29H2,1-6H3/b8-7+. The first-order valence-corrected chi connectivity index (χ1v) is 12.5. The van der Waals surface area contributed by atoms with Crippen molar-refractivity contribution < 1.29 is 0 Å². The molecule has 4 rings (SSSR count). The van der Waals surface area contributed by atoms with Crippen LogP contribution in [0, 0.1) is 46.3 Å². The van der Waals surface area contributed by atoms with Gasteiger partial charge in [0.05, 0.1) is 0 Å². The zero-order valence-corrected chi connectivity index (χ0v) is 19.9. The number of hydrogen-bond acceptors (Lipinski definition) is 1. The third-order valence-electron chi connectivity index (χ3n) is 10.1. The number of rotatable bonds is 4. The van der Waals surface area contributed by atoms with E-state index in [4.69, 9.17) is 5.73 Å². The van der Waals surface area contributed by atoms with E-state index < -0.39 is 0 Å². The second-order valence-corrected chi connectivity index (χ2v) is 12.0. The van der Waals surface area contributed by atoms with Crippen LogP contribution < -0.4 is 5.73 Å². The van der Waals surface area contributed by atoms with Gasteiger partial charge in [-0.3, -0.25) is 0 Å². The van der Waals surface area contributed by atoms with Gasteiger partial charge in [0.2, 0.25) is 0 Å². The average molecular weight is 396 g/mol. The monoisotopic (exact) mass is 395 g/mol. The summed E-state index contributed by atoms with van der Waals surface area (Å²) in [6.45, 7) is 14.7. The molecule has 0 spiro atoms. The van der Waals surface area contributed by atoms with Gasteiger partial charge in [-0.2, -0.15) is 0 Å². The van der Waals surface area contributed by atoms with Gasteiger partial charge in [-0.25, -0.2) is 0 Å². The van der Waals surface area contributed by atoms with Crippen molar-refractivity contribution in [3.05, 3.63) is 35.5 Å². The van der Waals surface area contributed by atoms with Gasteiger partial charge in [0.1, 0.15) is 0 Å². The van der Waals surface area contributed by atoms with Crippen molar-refractivity contribution >= 4 is 0 Å². The predicted octanol–water partition coefficient (Wildman–Crippen LogP) is 7.30. The second-order valence-electron chi connectivity index (χ2n) is 12.0. The molecule has 1 nitrogen and oxygen atoms in total. The van der Waals surface area contributed by atoms with Crippen LogP contribution in [0.2, 0.25) is 0 Å². The molecule has 0 aromatic heterocycles. The lowest BCUT2D eigenvalue weighted by atomic mass is 9.50. The van der Waals surface area contributed by atoms with Crippen molar-refractivity contribution in [2.75, 3.05) is 0 Å². The summed E-state index contributed by atoms with van der Waals surface area (Å²) in [4.78, 5) is 0. The maximum absolute atomic E-state index is 6.33. The molecule has 0 bridgehead atoms. The zero-order chi connectivity index (χ0) is 21.0. The van der Waals surface area contributed by atoms with E-state index in [2.05, 4.69) is 65.8 Å². The van der Waals surface area contributed by atoms with E-state index in [0.29, 0.717) is 28.7 Å². The Labute approximate surface area is 180 Å². The minimum atomic E-state index is 0.384. The molecular weight excluding hydrogens is 350 g/mol. The first-order chi connectivity index (χ1) is 13.7. The fourth-order valence-electron chi connectivity index (χ4n) is 7.64. The molecule has 2 N–H and O–H groups in total. The molecule has 8 unspecified atom stereocenters. The van der Waals surface area contributed by atoms with Gasteiger partial charge >= 0.3 is 0 Å². The molecule has 0 aromatic rings. The largest absolute Gasteiger partial charge is 0.327 e. The van der Waals surface area contributed by atoms with Gasteiger partial charge in [0.25, 0.3) is 0 Å². The molecule has 0 aliphatic heterocycles. The summed E-state index contributed by atoms with van der Waals surface area (Å²) in [5, 5.41) is 0. The molecule has 4 aliphatic carbocycles. The van der Waals surface area contributed by atoms with Crippen molar-refractivity contribution in [2.45, 2.75) is 92.5 Å². The van der Waals surface area contributed by atoms with Gasteiger partial charge in [-0.05, 0) is 91.3 Å². The highest BCUT2D eigenvalue weighted by atomic mass is 14.7. The van der Waals surface area contributed by atoms with Crippen molar-refractivity contribution in [3.8, 4) is 0 Å². The van der Waals surface area contributed by atoms with Crippen LogP contribution in [0.1, 0.15) is 86.5 Å². The number of fused-ring (bicyclic) bond motifs is 5. The van der Waals surface area contributed by atoms with Gasteiger partial charge in [-0.15, -0.1) is 0 Å². The third-order valence-corrected chi connectivity index (χ3v) is 10.1. The predicted molar refractivity (Wildman–Crippen MR) is 125 cm³/mol. The van der Waals surface area contributed by atoms with Crippen molar-refractivity contribution in [2.24, 2.45) is 52.1 Å². The summed E-state index contributed by atoms with van der Waals surface area (Å²) in [6.07, 6.45) is 19.4. The van der Waals surface area contributed by atoms with Crippen LogP contribution >= 0.6 is 0 Å². The molecule has 0 saturated heterocycles. The summed E-state index contributed by atoms with van der Waals surface area (Å²) < 4.78 is 0. The Morgan fingerprint density at radius 2 is 1.69 bits per heavy atom. The van der Waals surface area contributed by atoms with Crippen molar-refractivity contribution in [3.63, 3.8) is 0 Å². The van der Waals surface area contributed by atoms with Crippen LogP contribution in [0.3, 0.4) is 0 Å². The van der Waals surface area contributed by atoms with Crippen LogP contribution in [0.4, 0.5) is 0 Å². The first kappa shape index (κ1) is 21.4. The quantitative estimate of drug-likeness (QED) is 0.497. The number of allylic oxidation sites excluding steroid dienone is 5. The van der Waals surface area contributed by atoms with E-state index in [-0.39, 0.29) is 0 Å². The van der Waals surface area contributed by atoms with Gasteiger partial charge in [0.15, 0.2) is 0 Å². The molecular formula is C28H45N. The van der Waals surface area contributed by atoms with E-state index >= 15 is 0 Å². The lowest BCUT2D eigenvalue weighted by Crippen LogP contribution is -2.47. The zero-order valence-electron chi connectivity index (χ0n) is 19.9. The van der Waals surface area contributed by atoms with Crippen LogP contribution in [0.15, 0.2) is 35.5 Å². The maximum atomic E-state index is 6.33. The lowest BCUT2D eigenvalue weighted by Gasteiger charge is -2.55. The molecule has 4 aliphatic rings. The van der Waals surface area contributed by atoms with Crippen molar-refractivity contribution in [1.29, 1.82) is 0 Å². The Hall–Kier alpha value is -0.820. The molecule has 0 amide bonds. The molecule has 0 heterocycles. The summed E-state index contributed by atoms with van der Waals surface area (Å²) in [5.74, 6) is 4.52. The summed E-state index contributed by atoms with van der Waals surface area (Å²) in [7, 11) is 0. The number of nitrogens with two attached hydrogens (primary N) is 1. The Balaban J connectivity index is 1.57. The summed E-state index contributed by atoms with van der Waals surface area (Å²) in [6, 6.07) is 0.384. The highest BCUT2D eigenvalue weighted by Crippen LogP contribution is 2.65. The van der Waals surface area contributed by atoms with Gasteiger partial charge in [0, 0.05) is 6.04 Å². The molecule has 3 fully saturated rings. The second kappa shape index (κ2) is 7.70. The van der Waals surface area contributed by atoms with Crippen molar-refractivity contribution in [1.82, 2.24) is 0 Å². The third kappa shape index (κ3) is 3.50. The molecule has 0 aromatic carbocycles. The van der Waals surface area contributed by atoms with E-state index in [9.17, 15) is 0 Å². The van der Waals surface area contributed by atoms with Crippen LogP contribution in [-0.2, 0) is 0 Å². The van der Waals surface area contributed by atoms with Gasteiger partial charge in [-0.1, -0.05) is 77.0 Å². The molecule has 162 valence electrons. The molecule has 0 radical (unpaired) electrons. The molecule has 8 atom stereocenters. The number of hydrogen-bond donors (Lipinski definition) is 1. The Morgan fingerprint density at radius 3 is 2.41 bits per heavy atom. The normalized spacial score (nSPS) is 44.0. The van der Waals surface area contributed by atoms with E-state index in [1.54, 1.807) is 5.57 Å². The smallest absolute Gasteiger partial charge is 0.00767 e. The Kier molecular flexibility index (Phi) is 5.69. The SMILES string of the molecule is CC(C)C(C)/C=C/C(C)C1CCC2C3=CC=C4CC(N)CCC4(C)C3CCC21C. The molecule has 29 heavy (non-hydrogen) atoms. The minimum Gasteiger partial charge on any atom is -0.327 e. The highest BCUT2D eigenvalue weighted by molar-refractivity contribution is 5.39. The molecule has 3 saturated carbocycles. The Morgan fingerprint density at radius 1 is 0.931 bits per heavy atom. The summed E-state index contributed by atoms with van der Waals surface area (Å²) >= 11 is 0. The average Bonchev–Trinajstić information content (AvgIpc) is 3.03. The lowest BCUT2D eigenvalue weighted by molar-refractivity contribution is 0.0562. The van der Waals surface area contributed by atoms with Gasteiger partial charge < -0.3 is 5.73 Å². The van der Waals surface area contributed by atoms with Crippen LogP contribution in [0.25, 0.3) is 0 Å². The minimum absolute atomic E-state index is 0.384. The highest BCUT2D eigenvalue weighted by Gasteiger charge is 2.56. The fraction of sp³-hybridized carbons (Fsp3) is 0.786. The summed E-state index contributed by atoms with van der Waals surface area (Å²) in [5.41, 5.74) is 10.7. The Bertz CT molecular complexity index is 712. The molecule has 1 heteroatoms. The van der Waals surface area contributed by atoms with E-state index in [0.717, 1.165) is 30.1 Å². The topological polar surface area (TPSA) is 26.0 Å². The maximum Gasteiger partial charge on any atom is 0.00767 e. The first-order valence-electron chi connectivity index (χ1n) is 12.5. The van der Waals surface area contributed by atoms with E-state index in [1.807, 2.05) is 5.57 Å². The fourth-order valence-corrected chi connectivity index (χ4v) is 7.64.